The van der Waals surface area contributed by atoms with Crippen LogP contribution in [0.3, 0.4) is 0 Å². The molecular formula is C17H21NO3. The van der Waals surface area contributed by atoms with E-state index in [-0.39, 0.29) is 11.8 Å². The van der Waals surface area contributed by atoms with Crippen molar-refractivity contribution in [2.45, 2.75) is 32.2 Å². The van der Waals surface area contributed by atoms with Gasteiger partial charge in [0.2, 0.25) is 5.91 Å². The zero-order valence-electron chi connectivity index (χ0n) is 12.1. The first-order valence-electron chi connectivity index (χ1n) is 7.70. The van der Waals surface area contributed by atoms with Crippen molar-refractivity contribution in [3.05, 3.63) is 35.9 Å². The number of benzene rings is 1. The predicted octanol–water partition coefficient (Wildman–Crippen LogP) is 2.54. The summed E-state index contributed by atoms with van der Waals surface area (Å²) in [4.78, 5) is 25.4. The molecule has 1 aromatic carbocycles. The van der Waals surface area contributed by atoms with Crippen molar-refractivity contribution in [3.8, 4) is 0 Å². The summed E-state index contributed by atoms with van der Waals surface area (Å²) in [6.45, 7) is 1.37. The Hall–Kier alpha value is -1.84. The van der Waals surface area contributed by atoms with Crippen molar-refractivity contribution in [1.82, 2.24) is 4.90 Å². The fraction of sp³-hybridized carbons (Fsp3) is 0.529. The molecule has 4 nitrogen and oxygen atoms in total. The minimum absolute atomic E-state index is 0.0261. The molecule has 3 rings (SSSR count). The Balaban J connectivity index is 1.66. The third kappa shape index (κ3) is 3.26. The van der Waals surface area contributed by atoms with E-state index in [0.29, 0.717) is 18.9 Å². The van der Waals surface area contributed by atoms with Crippen LogP contribution >= 0.6 is 0 Å². The lowest BCUT2D eigenvalue weighted by Gasteiger charge is -2.32. The van der Waals surface area contributed by atoms with Crippen LogP contribution in [0.5, 0.6) is 0 Å². The molecule has 2 saturated carbocycles. The normalized spacial score (nSPS) is 24.2. The predicted molar refractivity (Wildman–Crippen MR) is 78.4 cm³/mol. The molecule has 2 unspecified atom stereocenters. The van der Waals surface area contributed by atoms with Gasteiger partial charge in [0.15, 0.2) is 0 Å². The van der Waals surface area contributed by atoms with Crippen LogP contribution in [0.2, 0.25) is 0 Å². The summed E-state index contributed by atoms with van der Waals surface area (Å²) >= 11 is 0. The molecule has 0 radical (unpaired) electrons. The molecule has 2 aliphatic carbocycles. The lowest BCUT2D eigenvalue weighted by atomic mass is 9.85. The first-order chi connectivity index (χ1) is 10.1. The van der Waals surface area contributed by atoms with Crippen LogP contribution in [0, 0.1) is 17.8 Å². The van der Waals surface area contributed by atoms with Gasteiger partial charge in [-0.2, -0.15) is 0 Å². The average Bonchev–Trinajstić information content (AvgIpc) is 3.22. The van der Waals surface area contributed by atoms with E-state index < -0.39 is 11.9 Å². The summed E-state index contributed by atoms with van der Waals surface area (Å²) in [5.74, 6) is -0.974. The van der Waals surface area contributed by atoms with Crippen LogP contribution in [-0.2, 0) is 16.1 Å². The fourth-order valence-electron chi connectivity index (χ4n) is 3.00. The summed E-state index contributed by atoms with van der Waals surface area (Å²) in [6, 6.07) is 9.94. The molecule has 2 aliphatic rings. The van der Waals surface area contributed by atoms with Crippen LogP contribution in [0.1, 0.15) is 31.2 Å². The second-order valence-electron chi connectivity index (χ2n) is 6.29. The van der Waals surface area contributed by atoms with Gasteiger partial charge in [0.05, 0.1) is 11.8 Å². The molecule has 2 fully saturated rings. The second kappa shape index (κ2) is 5.88. The molecule has 0 aromatic heterocycles. The molecule has 0 spiro atoms. The monoisotopic (exact) mass is 287 g/mol. The summed E-state index contributed by atoms with van der Waals surface area (Å²) in [6.07, 6.45) is 4.13. The molecule has 4 heteroatoms. The van der Waals surface area contributed by atoms with E-state index in [2.05, 4.69) is 0 Å². The summed E-state index contributed by atoms with van der Waals surface area (Å²) < 4.78 is 0. The molecule has 1 N–H and O–H groups in total. The van der Waals surface area contributed by atoms with E-state index in [1.54, 1.807) is 0 Å². The molecule has 21 heavy (non-hydrogen) atoms. The quantitative estimate of drug-likeness (QED) is 0.874. The van der Waals surface area contributed by atoms with Crippen LogP contribution in [0.15, 0.2) is 30.3 Å². The van der Waals surface area contributed by atoms with Crippen molar-refractivity contribution in [2.75, 3.05) is 6.54 Å². The number of hydrogen-bond acceptors (Lipinski definition) is 2. The number of rotatable bonds is 6. The highest BCUT2D eigenvalue weighted by Gasteiger charge is 2.50. The van der Waals surface area contributed by atoms with Gasteiger partial charge in [-0.3, -0.25) is 9.59 Å². The maximum atomic E-state index is 12.6. The van der Waals surface area contributed by atoms with Crippen molar-refractivity contribution in [3.63, 3.8) is 0 Å². The van der Waals surface area contributed by atoms with Crippen molar-refractivity contribution in [1.29, 1.82) is 0 Å². The zero-order valence-corrected chi connectivity index (χ0v) is 12.1. The van der Waals surface area contributed by atoms with Crippen molar-refractivity contribution >= 4 is 11.9 Å². The molecule has 0 aliphatic heterocycles. The molecule has 2 atom stereocenters. The molecule has 0 bridgehead atoms. The van der Waals surface area contributed by atoms with Crippen LogP contribution in [-0.4, -0.2) is 28.4 Å². The number of aliphatic carboxylic acids is 1. The standard InChI is InChI=1S/C17H21NO3/c19-16(14-9-15(14)17(20)21)18(11-13-7-4-8-13)10-12-5-2-1-3-6-12/h1-3,5-6,13-15H,4,7-11H2,(H,20,21). The van der Waals surface area contributed by atoms with Crippen LogP contribution in [0.4, 0.5) is 0 Å². The van der Waals surface area contributed by atoms with E-state index in [9.17, 15) is 9.59 Å². The SMILES string of the molecule is O=C(O)C1CC1C(=O)N(Cc1ccccc1)CC1CCC1. The highest BCUT2D eigenvalue weighted by Crippen LogP contribution is 2.41. The highest BCUT2D eigenvalue weighted by molar-refractivity contribution is 5.89. The van der Waals surface area contributed by atoms with Crippen LogP contribution in [0.25, 0.3) is 0 Å². The Morgan fingerprint density at radius 2 is 1.86 bits per heavy atom. The fourth-order valence-corrected chi connectivity index (χ4v) is 3.00. The average molecular weight is 287 g/mol. The Labute approximate surface area is 124 Å². The second-order valence-corrected chi connectivity index (χ2v) is 6.29. The van der Waals surface area contributed by atoms with E-state index in [0.717, 1.165) is 12.1 Å². The third-order valence-corrected chi connectivity index (χ3v) is 4.66. The topological polar surface area (TPSA) is 57.6 Å². The maximum absolute atomic E-state index is 12.6. The smallest absolute Gasteiger partial charge is 0.307 e. The van der Waals surface area contributed by atoms with Gasteiger partial charge in [-0.05, 0) is 30.7 Å². The number of carboxylic acids is 1. The van der Waals surface area contributed by atoms with Gasteiger partial charge in [0.1, 0.15) is 0 Å². The Kier molecular flexibility index (Phi) is 3.95. The number of amides is 1. The lowest BCUT2D eigenvalue weighted by molar-refractivity contribution is -0.142. The molecule has 0 saturated heterocycles. The summed E-state index contributed by atoms with van der Waals surface area (Å²) in [5, 5.41) is 9.01. The van der Waals surface area contributed by atoms with Crippen molar-refractivity contribution in [2.24, 2.45) is 17.8 Å². The van der Waals surface area contributed by atoms with Gasteiger partial charge >= 0.3 is 5.97 Å². The van der Waals surface area contributed by atoms with Gasteiger partial charge in [-0.15, -0.1) is 0 Å². The summed E-state index contributed by atoms with van der Waals surface area (Å²) in [7, 11) is 0. The zero-order chi connectivity index (χ0) is 14.8. The van der Waals surface area contributed by atoms with Gasteiger partial charge in [0, 0.05) is 13.1 Å². The van der Waals surface area contributed by atoms with Gasteiger partial charge < -0.3 is 10.0 Å². The number of carbonyl (C=O) groups excluding carboxylic acids is 1. The third-order valence-electron chi connectivity index (χ3n) is 4.66. The Morgan fingerprint density at radius 3 is 2.38 bits per heavy atom. The molecule has 1 aromatic rings. The lowest BCUT2D eigenvalue weighted by Crippen LogP contribution is -2.38. The van der Waals surface area contributed by atoms with Crippen molar-refractivity contribution < 1.29 is 14.7 Å². The van der Waals surface area contributed by atoms with E-state index in [4.69, 9.17) is 5.11 Å². The number of nitrogens with zero attached hydrogens (tertiary/aromatic N) is 1. The molecule has 1 amide bonds. The number of carbonyl (C=O) groups is 2. The van der Waals surface area contributed by atoms with Gasteiger partial charge in [-0.1, -0.05) is 36.8 Å². The molecule has 0 heterocycles. The van der Waals surface area contributed by atoms with Gasteiger partial charge in [0.25, 0.3) is 0 Å². The summed E-state index contributed by atoms with van der Waals surface area (Å²) in [5.41, 5.74) is 1.11. The minimum atomic E-state index is -0.836. The molecule has 112 valence electrons. The minimum Gasteiger partial charge on any atom is -0.481 e. The Bertz CT molecular complexity index is 524. The number of carboxylic acid groups (broad SMARTS) is 1. The first-order valence-corrected chi connectivity index (χ1v) is 7.70. The van der Waals surface area contributed by atoms with E-state index in [1.807, 2.05) is 35.2 Å². The first kappa shape index (κ1) is 14.1. The largest absolute Gasteiger partial charge is 0.481 e. The highest BCUT2D eigenvalue weighted by atomic mass is 16.4. The van der Waals surface area contributed by atoms with E-state index >= 15 is 0 Å². The van der Waals surface area contributed by atoms with Gasteiger partial charge in [-0.25, -0.2) is 0 Å². The maximum Gasteiger partial charge on any atom is 0.307 e. The molecular weight excluding hydrogens is 266 g/mol. The van der Waals surface area contributed by atoms with Crippen LogP contribution < -0.4 is 0 Å². The number of hydrogen-bond donors (Lipinski definition) is 1. The van der Waals surface area contributed by atoms with E-state index in [1.165, 1.54) is 19.3 Å². The Morgan fingerprint density at radius 1 is 1.14 bits per heavy atom.